The summed E-state index contributed by atoms with van der Waals surface area (Å²) >= 11 is 0. The molecule has 18 heavy (non-hydrogen) atoms. The summed E-state index contributed by atoms with van der Waals surface area (Å²) in [4.78, 5) is 14.5. The van der Waals surface area contributed by atoms with Gasteiger partial charge in [-0.1, -0.05) is 40.0 Å². The summed E-state index contributed by atoms with van der Waals surface area (Å²) in [6.07, 6.45) is 6.25. The third-order valence-corrected chi connectivity index (χ3v) is 3.64. The summed E-state index contributed by atoms with van der Waals surface area (Å²) in [5.41, 5.74) is 0. The Labute approximate surface area is 111 Å². The van der Waals surface area contributed by atoms with Gasteiger partial charge in [0.1, 0.15) is 5.92 Å². The summed E-state index contributed by atoms with van der Waals surface area (Å²) in [7, 11) is 0. The normalized spacial score (nSPS) is 17.7. The van der Waals surface area contributed by atoms with Crippen LogP contribution in [0.1, 0.15) is 59.3 Å². The van der Waals surface area contributed by atoms with E-state index in [4.69, 9.17) is 5.26 Å². The molecule has 0 N–H and O–H groups in total. The second-order valence-electron chi connectivity index (χ2n) is 5.79. The van der Waals surface area contributed by atoms with Crippen molar-refractivity contribution in [3.63, 3.8) is 0 Å². The molecule has 1 fully saturated rings. The Morgan fingerprint density at radius 2 is 2.00 bits per heavy atom. The fraction of sp³-hybridized carbons (Fsp3) is 0.867. The van der Waals surface area contributed by atoms with Crippen molar-refractivity contribution in [1.29, 1.82) is 5.26 Å². The molecule has 0 bridgehead atoms. The van der Waals surface area contributed by atoms with E-state index in [9.17, 15) is 4.79 Å². The Morgan fingerprint density at radius 3 is 2.44 bits per heavy atom. The smallest absolute Gasteiger partial charge is 0.240 e. The number of carbonyl (C=O) groups is 1. The summed E-state index contributed by atoms with van der Waals surface area (Å²) in [6.45, 7) is 7.10. The van der Waals surface area contributed by atoms with Gasteiger partial charge in [-0.3, -0.25) is 4.79 Å². The van der Waals surface area contributed by atoms with E-state index in [-0.39, 0.29) is 5.91 Å². The van der Waals surface area contributed by atoms with E-state index in [0.29, 0.717) is 18.4 Å². The molecule has 0 spiro atoms. The molecule has 3 heteroatoms. The van der Waals surface area contributed by atoms with Crippen molar-refractivity contribution >= 4 is 5.91 Å². The molecule has 0 aromatic rings. The highest BCUT2D eigenvalue weighted by molar-refractivity contribution is 5.81. The van der Waals surface area contributed by atoms with Crippen molar-refractivity contribution in [3.8, 4) is 6.07 Å². The fourth-order valence-electron chi connectivity index (χ4n) is 2.76. The third-order valence-electron chi connectivity index (χ3n) is 3.64. The number of amides is 1. The quantitative estimate of drug-likeness (QED) is 0.725. The Morgan fingerprint density at radius 1 is 1.39 bits per heavy atom. The molecule has 1 rings (SSSR count). The van der Waals surface area contributed by atoms with Crippen LogP contribution < -0.4 is 0 Å². The van der Waals surface area contributed by atoms with Crippen molar-refractivity contribution in [3.05, 3.63) is 0 Å². The summed E-state index contributed by atoms with van der Waals surface area (Å²) in [5.74, 6) is 0.102. The molecule has 0 aromatic carbocycles. The zero-order valence-electron chi connectivity index (χ0n) is 12.0. The van der Waals surface area contributed by atoms with Crippen LogP contribution in [0.5, 0.6) is 0 Å². The third kappa shape index (κ3) is 4.01. The molecule has 1 aliphatic carbocycles. The summed E-state index contributed by atoms with van der Waals surface area (Å²) in [5, 5.41) is 9.16. The Bertz CT molecular complexity index is 300. The molecular formula is C15H26N2O. The Balaban J connectivity index is 2.74. The first-order valence-electron chi connectivity index (χ1n) is 7.30. The van der Waals surface area contributed by atoms with Crippen molar-refractivity contribution in [2.24, 2.45) is 11.8 Å². The SMILES string of the molecule is CCCC(C#N)C(=O)N(CC(C)C)C1CCCC1. The van der Waals surface area contributed by atoms with Gasteiger partial charge >= 0.3 is 0 Å². The molecule has 1 saturated carbocycles. The first-order valence-corrected chi connectivity index (χ1v) is 7.30. The standard InChI is InChI=1S/C15H26N2O/c1-4-7-13(10-16)15(18)17(11-12(2)3)14-8-5-6-9-14/h12-14H,4-9,11H2,1-3H3. The van der Waals surface area contributed by atoms with Crippen LogP contribution in [-0.2, 0) is 4.79 Å². The van der Waals surface area contributed by atoms with Gasteiger partial charge in [0, 0.05) is 12.6 Å². The zero-order valence-corrected chi connectivity index (χ0v) is 12.0. The van der Waals surface area contributed by atoms with Crippen LogP contribution in [0, 0.1) is 23.2 Å². The maximum atomic E-state index is 12.5. The second-order valence-corrected chi connectivity index (χ2v) is 5.79. The highest BCUT2D eigenvalue weighted by Crippen LogP contribution is 2.26. The second kappa shape index (κ2) is 7.41. The van der Waals surface area contributed by atoms with Gasteiger partial charge < -0.3 is 4.90 Å². The van der Waals surface area contributed by atoms with E-state index in [1.165, 1.54) is 12.8 Å². The number of nitriles is 1. The lowest BCUT2D eigenvalue weighted by Crippen LogP contribution is -2.44. The van der Waals surface area contributed by atoms with Gasteiger partial charge in [-0.25, -0.2) is 0 Å². The number of carbonyl (C=O) groups excluding carboxylic acids is 1. The van der Waals surface area contributed by atoms with Crippen LogP contribution in [0.2, 0.25) is 0 Å². The molecule has 1 aliphatic rings. The zero-order chi connectivity index (χ0) is 13.5. The van der Waals surface area contributed by atoms with Gasteiger partial charge in [-0.2, -0.15) is 5.26 Å². The maximum Gasteiger partial charge on any atom is 0.240 e. The predicted molar refractivity (Wildman–Crippen MR) is 72.8 cm³/mol. The monoisotopic (exact) mass is 250 g/mol. The van der Waals surface area contributed by atoms with Gasteiger partial charge in [0.05, 0.1) is 6.07 Å². The minimum Gasteiger partial charge on any atom is -0.338 e. The topological polar surface area (TPSA) is 44.1 Å². The van der Waals surface area contributed by atoms with Crippen LogP contribution >= 0.6 is 0 Å². The average Bonchev–Trinajstić information content (AvgIpc) is 2.85. The van der Waals surface area contributed by atoms with Crippen LogP contribution in [0.4, 0.5) is 0 Å². The lowest BCUT2D eigenvalue weighted by Gasteiger charge is -2.32. The lowest BCUT2D eigenvalue weighted by atomic mass is 10.0. The molecule has 0 radical (unpaired) electrons. The molecule has 0 heterocycles. The molecular weight excluding hydrogens is 224 g/mol. The van der Waals surface area contributed by atoms with E-state index in [1.54, 1.807) is 0 Å². The van der Waals surface area contributed by atoms with E-state index >= 15 is 0 Å². The van der Waals surface area contributed by atoms with Crippen molar-refractivity contribution in [2.45, 2.75) is 65.3 Å². The molecule has 0 aliphatic heterocycles. The number of hydrogen-bond donors (Lipinski definition) is 0. The van der Waals surface area contributed by atoms with Crippen molar-refractivity contribution in [2.75, 3.05) is 6.54 Å². The first-order chi connectivity index (χ1) is 8.60. The molecule has 1 amide bonds. The number of rotatable bonds is 6. The van der Waals surface area contributed by atoms with Gasteiger partial charge in [0.15, 0.2) is 0 Å². The first kappa shape index (κ1) is 15.0. The minimum atomic E-state index is -0.436. The van der Waals surface area contributed by atoms with E-state index in [2.05, 4.69) is 19.9 Å². The van der Waals surface area contributed by atoms with Gasteiger partial charge in [0.2, 0.25) is 5.91 Å². The predicted octanol–water partition coefficient (Wildman–Crippen LogP) is 3.35. The largest absolute Gasteiger partial charge is 0.338 e. The van der Waals surface area contributed by atoms with Gasteiger partial charge in [0.25, 0.3) is 0 Å². The van der Waals surface area contributed by atoms with Crippen molar-refractivity contribution in [1.82, 2.24) is 4.90 Å². The summed E-state index contributed by atoms with van der Waals surface area (Å²) < 4.78 is 0. The highest BCUT2D eigenvalue weighted by atomic mass is 16.2. The fourth-order valence-corrected chi connectivity index (χ4v) is 2.76. The van der Waals surface area contributed by atoms with E-state index in [1.807, 2.05) is 11.8 Å². The molecule has 3 nitrogen and oxygen atoms in total. The Hall–Kier alpha value is -1.04. The lowest BCUT2D eigenvalue weighted by molar-refractivity contribution is -0.136. The molecule has 0 saturated heterocycles. The van der Waals surface area contributed by atoms with Crippen LogP contribution in [-0.4, -0.2) is 23.4 Å². The number of nitrogens with zero attached hydrogens (tertiary/aromatic N) is 2. The van der Waals surface area contributed by atoms with E-state index in [0.717, 1.165) is 25.8 Å². The van der Waals surface area contributed by atoms with Crippen LogP contribution in [0.3, 0.4) is 0 Å². The van der Waals surface area contributed by atoms with Crippen LogP contribution in [0.15, 0.2) is 0 Å². The molecule has 102 valence electrons. The minimum absolute atomic E-state index is 0.0694. The summed E-state index contributed by atoms with van der Waals surface area (Å²) in [6, 6.07) is 2.57. The molecule has 1 unspecified atom stereocenters. The van der Waals surface area contributed by atoms with Gasteiger partial charge in [-0.05, 0) is 25.2 Å². The van der Waals surface area contributed by atoms with Gasteiger partial charge in [-0.15, -0.1) is 0 Å². The molecule has 0 aromatic heterocycles. The highest BCUT2D eigenvalue weighted by Gasteiger charge is 2.31. The Kier molecular flexibility index (Phi) is 6.18. The van der Waals surface area contributed by atoms with Crippen molar-refractivity contribution < 1.29 is 4.79 Å². The molecule has 1 atom stereocenters. The van der Waals surface area contributed by atoms with Crippen LogP contribution in [0.25, 0.3) is 0 Å². The maximum absolute atomic E-state index is 12.5. The average molecular weight is 250 g/mol. The van der Waals surface area contributed by atoms with E-state index < -0.39 is 5.92 Å². The number of hydrogen-bond acceptors (Lipinski definition) is 2.